The Morgan fingerprint density at radius 2 is 1.50 bits per heavy atom. The van der Waals surface area contributed by atoms with Crippen LogP contribution in [0, 0.1) is 0 Å². The van der Waals surface area contributed by atoms with Crippen LogP contribution in [0.4, 0.5) is 0 Å². The molecule has 0 bridgehead atoms. The molecule has 0 radical (unpaired) electrons. The Morgan fingerprint density at radius 3 is 2.13 bits per heavy atom. The number of para-hydroxylation sites is 1. The summed E-state index contributed by atoms with van der Waals surface area (Å²) in [4.78, 5) is 35.4. The summed E-state index contributed by atoms with van der Waals surface area (Å²) >= 11 is 0. The summed E-state index contributed by atoms with van der Waals surface area (Å²) in [6.45, 7) is 4.98. The van der Waals surface area contributed by atoms with Gasteiger partial charge in [-0.15, -0.1) is 0 Å². The van der Waals surface area contributed by atoms with E-state index in [2.05, 4.69) is 6.92 Å². The second-order valence-corrected chi connectivity index (χ2v) is 7.19. The predicted molar refractivity (Wildman–Crippen MR) is 113 cm³/mol. The summed E-state index contributed by atoms with van der Waals surface area (Å²) in [7, 11) is 0. The zero-order valence-corrected chi connectivity index (χ0v) is 18.0. The largest absolute Gasteiger partial charge is 0.484 e. The Kier molecular flexibility index (Phi) is 9.38. The van der Waals surface area contributed by atoms with Gasteiger partial charge in [0, 0.05) is 13.8 Å². The molecule has 1 heterocycles. The lowest BCUT2D eigenvalue weighted by atomic mass is 10.1. The van der Waals surface area contributed by atoms with Gasteiger partial charge in [0.15, 0.2) is 17.1 Å². The van der Waals surface area contributed by atoms with E-state index < -0.39 is 17.6 Å². The van der Waals surface area contributed by atoms with Gasteiger partial charge in [-0.2, -0.15) is 0 Å². The molecule has 0 saturated heterocycles. The maximum absolute atomic E-state index is 12.5. The normalized spacial score (nSPS) is 10.8. The average Bonchev–Trinajstić information content (AvgIpc) is 2.68. The fourth-order valence-electron chi connectivity index (χ4n) is 3.17. The van der Waals surface area contributed by atoms with Crippen molar-refractivity contribution in [2.75, 3.05) is 6.61 Å². The highest BCUT2D eigenvalue weighted by molar-refractivity contribution is 5.93. The van der Waals surface area contributed by atoms with Crippen molar-refractivity contribution in [3.8, 4) is 17.2 Å². The Morgan fingerprint density at radius 1 is 0.867 bits per heavy atom. The summed E-state index contributed by atoms with van der Waals surface area (Å²) in [5.41, 5.74) is -0.772. The van der Waals surface area contributed by atoms with Crippen LogP contribution in [-0.4, -0.2) is 18.5 Å². The first-order chi connectivity index (χ1) is 14.4. The number of ether oxygens (including phenoxy) is 3. The summed E-state index contributed by atoms with van der Waals surface area (Å²) in [5, 5.41) is 0.314. The van der Waals surface area contributed by atoms with Gasteiger partial charge in [-0.25, -0.2) is 4.79 Å². The van der Waals surface area contributed by atoms with E-state index in [4.69, 9.17) is 18.6 Å². The van der Waals surface area contributed by atoms with Crippen molar-refractivity contribution in [3.63, 3.8) is 0 Å². The van der Waals surface area contributed by atoms with Crippen molar-refractivity contribution in [1.29, 1.82) is 0 Å². The SMILES string of the molecule is CCCCCCCCCCOc1c(OC(C)=O)c2cccc(OC(C)=O)c2oc1=O. The first-order valence-corrected chi connectivity index (χ1v) is 10.5. The maximum Gasteiger partial charge on any atom is 0.383 e. The van der Waals surface area contributed by atoms with Gasteiger partial charge in [0.25, 0.3) is 0 Å². The van der Waals surface area contributed by atoms with Crippen LogP contribution in [0.2, 0.25) is 0 Å². The van der Waals surface area contributed by atoms with Crippen molar-refractivity contribution < 1.29 is 28.2 Å². The van der Waals surface area contributed by atoms with E-state index in [1.165, 1.54) is 52.0 Å². The van der Waals surface area contributed by atoms with Crippen LogP contribution in [0.15, 0.2) is 27.4 Å². The molecule has 0 aliphatic rings. The van der Waals surface area contributed by atoms with Gasteiger partial charge >= 0.3 is 17.6 Å². The molecule has 2 rings (SSSR count). The highest BCUT2D eigenvalue weighted by Gasteiger charge is 2.22. The number of rotatable bonds is 12. The molecule has 0 amide bonds. The molecule has 30 heavy (non-hydrogen) atoms. The number of benzene rings is 1. The third-order valence-corrected chi connectivity index (χ3v) is 4.55. The molecule has 0 aliphatic carbocycles. The van der Waals surface area contributed by atoms with Crippen LogP contribution in [0.25, 0.3) is 11.0 Å². The molecule has 0 N–H and O–H groups in total. The van der Waals surface area contributed by atoms with Crippen LogP contribution >= 0.6 is 0 Å². The number of hydrogen-bond acceptors (Lipinski definition) is 7. The van der Waals surface area contributed by atoms with Crippen molar-refractivity contribution >= 4 is 22.9 Å². The molecule has 0 aliphatic heterocycles. The lowest BCUT2D eigenvalue weighted by Crippen LogP contribution is -2.13. The van der Waals surface area contributed by atoms with E-state index in [0.29, 0.717) is 12.0 Å². The van der Waals surface area contributed by atoms with E-state index in [0.717, 1.165) is 19.3 Å². The lowest BCUT2D eigenvalue weighted by Gasteiger charge is -2.13. The second kappa shape index (κ2) is 12.0. The lowest BCUT2D eigenvalue weighted by molar-refractivity contribution is -0.133. The van der Waals surface area contributed by atoms with Crippen molar-refractivity contribution in [3.05, 3.63) is 28.6 Å². The van der Waals surface area contributed by atoms with E-state index in [-0.39, 0.29) is 22.8 Å². The Hall–Kier alpha value is -2.83. The molecule has 0 saturated carbocycles. The molecule has 164 valence electrons. The number of carbonyl (C=O) groups excluding carboxylic acids is 2. The Labute approximate surface area is 176 Å². The number of esters is 2. The maximum atomic E-state index is 12.5. The van der Waals surface area contributed by atoms with Crippen LogP contribution in [0.1, 0.15) is 72.1 Å². The van der Waals surface area contributed by atoms with Gasteiger partial charge in [0.05, 0.1) is 12.0 Å². The Balaban J connectivity index is 2.13. The quantitative estimate of drug-likeness (QED) is 0.203. The summed E-state index contributed by atoms with van der Waals surface area (Å²) in [5.74, 6) is -1.27. The number of unbranched alkanes of at least 4 members (excludes halogenated alkanes) is 7. The van der Waals surface area contributed by atoms with Crippen LogP contribution in [-0.2, 0) is 9.59 Å². The van der Waals surface area contributed by atoms with Gasteiger partial charge in [0.2, 0.25) is 5.75 Å². The zero-order chi connectivity index (χ0) is 21.9. The first kappa shape index (κ1) is 23.4. The highest BCUT2D eigenvalue weighted by atomic mass is 16.6. The average molecular weight is 418 g/mol. The molecule has 7 heteroatoms. The molecule has 7 nitrogen and oxygen atoms in total. The molecule has 1 aromatic heterocycles. The molecular weight excluding hydrogens is 388 g/mol. The first-order valence-electron chi connectivity index (χ1n) is 10.5. The summed E-state index contributed by atoms with van der Waals surface area (Å²) in [6, 6.07) is 4.70. The third-order valence-electron chi connectivity index (χ3n) is 4.55. The van der Waals surface area contributed by atoms with Crippen molar-refractivity contribution in [1.82, 2.24) is 0 Å². The smallest absolute Gasteiger partial charge is 0.383 e. The van der Waals surface area contributed by atoms with Gasteiger partial charge in [-0.3, -0.25) is 9.59 Å². The van der Waals surface area contributed by atoms with E-state index in [1.807, 2.05) is 0 Å². The number of carbonyl (C=O) groups is 2. The minimum Gasteiger partial charge on any atom is -0.484 e. The van der Waals surface area contributed by atoms with Gasteiger partial charge in [0.1, 0.15) is 0 Å². The van der Waals surface area contributed by atoms with Gasteiger partial charge in [-0.05, 0) is 18.6 Å². The van der Waals surface area contributed by atoms with Gasteiger partial charge in [-0.1, -0.05) is 57.9 Å². The topological polar surface area (TPSA) is 92.0 Å². The number of fused-ring (bicyclic) bond motifs is 1. The van der Waals surface area contributed by atoms with E-state index >= 15 is 0 Å². The molecule has 0 atom stereocenters. The summed E-state index contributed by atoms with van der Waals surface area (Å²) in [6.07, 6.45) is 9.09. The molecule has 1 aromatic carbocycles. The predicted octanol–water partition coefficient (Wildman–Crippen LogP) is 5.16. The third kappa shape index (κ3) is 6.90. The Bertz CT molecular complexity index is 914. The fourth-order valence-corrected chi connectivity index (χ4v) is 3.17. The van der Waals surface area contributed by atoms with Crippen LogP contribution in [0.5, 0.6) is 17.2 Å². The molecule has 0 unspecified atom stereocenters. The molecular formula is C23H30O7. The van der Waals surface area contributed by atoms with Crippen LogP contribution in [0.3, 0.4) is 0 Å². The van der Waals surface area contributed by atoms with Crippen molar-refractivity contribution in [2.24, 2.45) is 0 Å². The fraction of sp³-hybridized carbons (Fsp3) is 0.522. The molecule has 0 fully saturated rings. The minimum atomic E-state index is -0.794. The van der Waals surface area contributed by atoms with Crippen LogP contribution < -0.4 is 19.8 Å². The van der Waals surface area contributed by atoms with E-state index in [9.17, 15) is 14.4 Å². The summed E-state index contributed by atoms with van der Waals surface area (Å²) < 4.78 is 21.3. The van der Waals surface area contributed by atoms with E-state index in [1.54, 1.807) is 12.1 Å². The molecule has 2 aromatic rings. The second-order valence-electron chi connectivity index (χ2n) is 7.19. The zero-order valence-electron chi connectivity index (χ0n) is 18.0. The van der Waals surface area contributed by atoms with Gasteiger partial charge < -0.3 is 18.6 Å². The standard InChI is InChI=1S/C23H30O7/c1-4-5-6-7-8-9-10-11-15-27-22-21(29-17(3)25)18-13-12-14-19(28-16(2)24)20(18)30-23(22)26/h12-14H,4-11,15H2,1-3H3. The monoisotopic (exact) mass is 418 g/mol. The van der Waals surface area contributed by atoms with Crippen molar-refractivity contribution in [2.45, 2.75) is 72.1 Å². The number of hydrogen-bond donors (Lipinski definition) is 0. The molecule has 0 spiro atoms. The highest BCUT2D eigenvalue weighted by Crippen LogP contribution is 2.37. The minimum absolute atomic E-state index is 0.0216.